The number of anilines is 1. The first-order valence-electron chi connectivity index (χ1n) is 6.09. The monoisotopic (exact) mass is 299 g/mol. The molecule has 1 aromatic heterocycles. The third kappa shape index (κ3) is 3.39. The Kier molecular flexibility index (Phi) is 4.34. The summed E-state index contributed by atoms with van der Waals surface area (Å²) in [5.74, 6) is 0.776. The zero-order valence-corrected chi connectivity index (χ0v) is 11.6. The van der Waals surface area contributed by atoms with Gasteiger partial charge in [0.25, 0.3) is 0 Å². The smallest absolute Gasteiger partial charge is 0.225 e. The quantitative estimate of drug-likeness (QED) is 0.931. The van der Waals surface area contributed by atoms with Gasteiger partial charge in [0, 0.05) is 25.0 Å². The molecule has 0 saturated carbocycles. The Balaban J connectivity index is 2.12. The van der Waals surface area contributed by atoms with Crippen LogP contribution in [0.3, 0.4) is 0 Å². The normalized spacial score (nSPS) is 22.5. The molecule has 2 rings (SSSR count). The lowest BCUT2D eigenvalue weighted by atomic mass is 9.98. The van der Waals surface area contributed by atoms with Crippen molar-refractivity contribution >= 4 is 21.9 Å². The summed E-state index contributed by atoms with van der Waals surface area (Å²) in [5, 5.41) is 9.54. The molecular formula is C12H18BrN3O. The first kappa shape index (κ1) is 12.8. The summed E-state index contributed by atoms with van der Waals surface area (Å²) < 4.78 is 0.894. The molecule has 0 unspecified atom stereocenters. The third-order valence-electron chi connectivity index (χ3n) is 3.10. The second-order valence-electron chi connectivity index (χ2n) is 4.63. The molecule has 1 aliphatic rings. The predicted octanol–water partition coefficient (Wildman–Crippen LogP) is 2.37. The lowest BCUT2D eigenvalue weighted by Crippen LogP contribution is -2.42. The highest BCUT2D eigenvalue weighted by Crippen LogP contribution is 2.24. The molecule has 1 aromatic rings. The van der Waals surface area contributed by atoms with Gasteiger partial charge in [-0.1, -0.05) is 0 Å². The number of hydrogen-bond acceptors (Lipinski definition) is 4. The summed E-state index contributed by atoms with van der Waals surface area (Å²) in [5.41, 5.74) is 0. The molecule has 5 heteroatoms. The fourth-order valence-electron chi connectivity index (χ4n) is 2.36. The molecule has 0 amide bonds. The van der Waals surface area contributed by atoms with E-state index in [1.54, 1.807) is 12.4 Å². The van der Waals surface area contributed by atoms with E-state index in [0.29, 0.717) is 6.04 Å². The maximum atomic E-state index is 9.54. The van der Waals surface area contributed by atoms with Crippen LogP contribution in [0, 0.1) is 0 Å². The molecule has 1 aliphatic heterocycles. The minimum Gasteiger partial charge on any atom is -0.393 e. The van der Waals surface area contributed by atoms with Crippen LogP contribution in [0.25, 0.3) is 0 Å². The zero-order valence-electron chi connectivity index (χ0n) is 10.0. The Labute approximate surface area is 110 Å². The average Bonchev–Trinajstić information content (AvgIpc) is 2.30. The van der Waals surface area contributed by atoms with Crippen LogP contribution in [-0.4, -0.2) is 33.8 Å². The van der Waals surface area contributed by atoms with Gasteiger partial charge in [-0.2, -0.15) is 0 Å². The number of nitrogens with zero attached hydrogens (tertiary/aromatic N) is 3. The van der Waals surface area contributed by atoms with Crippen molar-refractivity contribution in [3.05, 3.63) is 16.9 Å². The minimum atomic E-state index is -0.268. The Morgan fingerprint density at radius 1 is 1.47 bits per heavy atom. The van der Waals surface area contributed by atoms with Gasteiger partial charge in [-0.3, -0.25) is 0 Å². The lowest BCUT2D eigenvalue weighted by Gasteiger charge is -2.36. The standard InChI is InChI=1S/C12H18BrN3O/c1-9(17)6-11-4-2-3-5-16(11)12-14-7-10(13)8-15-12/h7-9,11,17H,2-6H2,1H3/t9-,11+/m0/s1. The first-order valence-corrected chi connectivity index (χ1v) is 6.88. The van der Waals surface area contributed by atoms with Crippen LogP contribution >= 0.6 is 15.9 Å². The lowest BCUT2D eigenvalue weighted by molar-refractivity contribution is 0.167. The largest absolute Gasteiger partial charge is 0.393 e. The Bertz CT molecular complexity index is 355. The van der Waals surface area contributed by atoms with E-state index in [1.807, 2.05) is 6.92 Å². The highest BCUT2D eigenvalue weighted by Gasteiger charge is 2.25. The Morgan fingerprint density at radius 2 is 2.18 bits per heavy atom. The summed E-state index contributed by atoms with van der Waals surface area (Å²) in [7, 11) is 0. The van der Waals surface area contributed by atoms with Crippen LogP contribution in [0.4, 0.5) is 5.95 Å². The van der Waals surface area contributed by atoms with Crippen LogP contribution in [0.5, 0.6) is 0 Å². The molecule has 0 aliphatic carbocycles. The summed E-state index contributed by atoms with van der Waals surface area (Å²) in [6.07, 6.45) is 7.59. The number of hydrogen-bond donors (Lipinski definition) is 1. The van der Waals surface area contributed by atoms with Crippen molar-refractivity contribution in [2.24, 2.45) is 0 Å². The zero-order chi connectivity index (χ0) is 12.3. The van der Waals surface area contributed by atoms with Gasteiger partial charge in [-0.15, -0.1) is 0 Å². The topological polar surface area (TPSA) is 49.2 Å². The molecule has 0 radical (unpaired) electrons. The average molecular weight is 300 g/mol. The van der Waals surface area contributed by atoms with Crippen LogP contribution in [0.1, 0.15) is 32.6 Å². The number of halogens is 1. The molecule has 0 bridgehead atoms. The fraction of sp³-hybridized carbons (Fsp3) is 0.667. The molecule has 17 heavy (non-hydrogen) atoms. The summed E-state index contributed by atoms with van der Waals surface area (Å²) in [4.78, 5) is 10.9. The molecule has 2 atom stereocenters. The maximum absolute atomic E-state index is 9.54. The van der Waals surface area contributed by atoms with Gasteiger partial charge in [-0.05, 0) is 48.5 Å². The second kappa shape index (κ2) is 5.78. The van der Waals surface area contributed by atoms with E-state index >= 15 is 0 Å². The maximum Gasteiger partial charge on any atom is 0.225 e. The highest BCUT2D eigenvalue weighted by molar-refractivity contribution is 9.10. The minimum absolute atomic E-state index is 0.268. The van der Waals surface area contributed by atoms with Gasteiger partial charge >= 0.3 is 0 Å². The third-order valence-corrected chi connectivity index (χ3v) is 3.51. The van der Waals surface area contributed by atoms with E-state index in [0.717, 1.165) is 29.8 Å². The van der Waals surface area contributed by atoms with Gasteiger partial charge in [0.2, 0.25) is 5.95 Å². The highest BCUT2D eigenvalue weighted by atomic mass is 79.9. The van der Waals surface area contributed by atoms with E-state index < -0.39 is 0 Å². The molecule has 0 spiro atoms. The Hall–Kier alpha value is -0.680. The van der Waals surface area contributed by atoms with Crippen LogP contribution < -0.4 is 4.90 Å². The summed E-state index contributed by atoms with van der Waals surface area (Å²) >= 11 is 3.34. The van der Waals surface area contributed by atoms with E-state index in [4.69, 9.17) is 0 Å². The van der Waals surface area contributed by atoms with Crippen molar-refractivity contribution in [2.45, 2.75) is 44.8 Å². The van der Waals surface area contributed by atoms with Crippen molar-refractivity contribution in [1.82, 2.24) is 9.97 Å². The van der Waals surface area contributed by atoms with Gasteiger partial charge in [0.1, 0.15) is 0 Å². The molecule has 4 nitrogen and oxygen atoms in total. The van der Waals surface area contributed by atoms with Gasteiger partial charge in [0.15, 0.2) is 0 Å². The van der Waals surface area contributed by atoms with Gasteiger partial charge < -0.3 is 10.0 Å². The fourth-order valence-corrected chi connectivity index (χ4v) is 2.56. The van der Waals surface area contributed by atoms with Crippen LogP contribution in [-0.2, 0) is 0 Å². The Morgan fingerprint density at radius 3 is 2.82 bits per heavy atom. The SMILES string of the molecule is C[C@H](O)C[C@H]1CCCCN1c1ncc(Br)cn1. The number of aromatic nitrogens is 2. The van der Waals surface area contributed by atoms with E-state index in [1.165, 1.54) is 12.8 Å². The summed E-state index contributed by atoms with van der Waals surface area (Å²) in [6, 6.07) is 0.366. The number of aliphatic hydroxyl groups excluding tert-OH is 1. The van der Waals surface area contributed by atoms with Crippen molar-refractivity contribution in [3.63, 3.8) is 0 Å². The molecule has 94 valence electrons. The van der Waals surface area contributed by atoms with Crippen LogP contribution in [0.15, 0.2) is 16.9 Å². The predicted molar refractivity (Wildman–Crippen MR) is 71.0 cm³/mol. The van der Waals surface area contributed by atoms with E-state index in [2.05, 4.69) is 30.8 Å². The van der Waals surface area contributed by atoms with E-state index in [9.17, 15) is 5.11 Å². The van der Waals surface area contributed by atoms with Crippen LogP contribution in [0.2, 0.25) is 0 Å². The second-order valence-corrected chi connectivity index (χ2v) is 5.54. The molecule has 2 heterocycles. The van der Waals surface area contributed by atoms with Crippen molar-refractivity contribution in [3.8, 4) is 0 Å². The summed E-state index contributed by atoms with van der Waals surface area (Å²) in [6.45, 7) is 2.83. The molecule has 0 aromatic carbocycles. The molecule has 1 fully saturated rings. The van der Waals surface area contributed by atoms with Gasteiger partial charge in [0.05, 0.1) is 10.6 Å². The first-order chi connectivity index (χ1) is 8.16. The number of rotatable bonds is 3. The number of piperidine rings is 1. The molecule has 1 saturated heterocycles. The van der Waals surface area contributed by atoms with Crippen molar-refractivity contribution < 1.29 is 5.11 Å². The molecular weight excluding hydrogens is 282 g/mol. The van der Waals surface area contributed by atoms with E-state index in [-0.39, 0.29) is 6.10 Å². The van der Waals surface area contributed by atoms with Crippen molar-refractivity contribution in [2.75, 3.05) is 11.4 Å². The number of aliphatic hydroxyl groups is 1. The molecule has 1 N–H and O–H groups in total. The van der Waals surface area contributed by atoms with Crippen molar-refractivity contribution in [1.29, 1.82) is 0 Å². The van der Waals surface area contributed by atoms with Gasteiger partial charge in [-0.25, -0.2) is 9.97 Å².